The van der Waals surface area contributed by atoms with Gasteiger partial charge in [-0.25, -0.2) is 9.97 Å². The molecule has 0 spiro atoms. The van der Waals surface area contributed by atoms with E-state index in [2.05, 4.69) is 11.1 Å². The highest BCUT2D eigenvalue weighted by molar-refractivity contribution is 5.88. The minimum atomic E-state index is -0.280. The van der Waals surface area contributed by atoms with Crippen LogP contribution in [-0.2, 0) is 29.0 Å². The Hall–Kier alpha value is -3.74. The number of aromatic nitrogens is 4. The average molecular weight is 414 g/mol. The minimum absolute atomic E-state index is 0.0268. The molecule has 4 aromatic rings. The summed E-state index contributed by atoms with van der Waals surface area (Å²) < 4.78 is 8.90. The first-order chi connectivity index (χ1) is 15.1. The Labute approximate surface area is 179 Å². The van der Waals surface area contributed by atoms with Crippen molar-refractivity contribution < 1.29 is 9.53 Å². The third-order valence-corrected chi connectivity index (χ3v) is 5.74. The van der Waals surface area contributed by atoms with Gasteiger partial charge < -0.3 is 13.9 Å². The average Bonchev–Trinajstić information content (AvgIpc) is 3.41. The molecule has 0 unspecified atom stereocenters. The molecule has 0 saturated heterocycles. The van der Waals surface area contributed by atoms with Gasteiger partial charge in [-0.15, -0.1) is 0 Å². The van der Waals surface area contributed by atoms with E-state index in [1.54, 1.807) is 27.9 Å². The van der Waals surface area contributed by atoms with Crippen LogP contribution in [0.3, 0.4) is 0 Å². The molecule has 0 saturated carbocycles. The number of nitrogens with zero attached hydrogens (tertiary/aromatic N) is 4. The molecule has 0 fully saturated rings. The molecule has 1 aromatic carbocycles. The summed E-state index contributed by atoms with van der Waals surface area (Å²) in [6.45, 7) is 2.86. The van der Waals surface area contributed by atoms with Crippen molar-refractivity contribution >= 4 is 16.9 Å². The van der Waals surface area contributed by atoms with E-state index < -0.39 is 0 Å². The fraction of sp³-hybridized carbons (Fsp3) is 0.250. The first kappa shape index (κ1) is 19.2. The van der Waals surface area contributed by atoms with Gasteiger partial charge in [0.15, 0.2) is 0 Å². The maximum absolute atomic E-state index is 12.7. The molecule has 156 valence electrons. The summed E-state index contributed by atoms with van der Waals surface area (Å²) in [6, 6.07) is 11.9. The number of imidazole rings is 1. The second kappa shape index (κ2) is 7.83. The van der Waals surface area contributed by atoms with Crippen LogP contribution < -0.4 is 5.56 Å². The topological polar surface area (TPSA) is 79.0 Å². The zero-order chi connectivity index (χ0) is 21.4. The molecule has 0 aliphatic carbocycles. The molecule has 1 aliphatic heterocycles. The largest absolute Gasteiger partial charge is 0.464 e. The fourth-order valence-corrected chi connectivity index (χ4v) is 4.21. The third-order valence-electron chi connectivity index (χ3n) is 5.74. The highest BCUT2D eigenvalue weighted by Crippen LogP contribution is 2.35. The highest BCUT2D eigenvalue weighted by atomic mass is 16.5. The summed E-state index contributed by atoms with van der Waals surface area (Å²) in [6.07, 6.45) is 6.39. The van der Waals surface area contributed by atoms with Crippen LogP contribution in [0.5, 0.6) is 0 Å². The Morgan fingerprint density at radius 3 is 2.90 bits per heavy atom. The Balaban J connectivity index is 1.39. The number of hydrogen-bond acceptors (Lipinski definition) is 5. The SMILES string of the molecule is Cc1ccc2n(c1=O)Cc1c-2nc2ccccc2c1CCCOC(=O)Cn1ccnc1. The molecular formula is C24H22N4O3. The van der Waals surface area contributed by atoms with E-state index in [-0.39, 0.29) is 18.1 Å². The number of carbonyl (C=O) groups is 1. The van der Waals surface area contributed by atoms with Crippen molar-refractivity contribution in [3.8, 4) is 11.4 Å². The minimum Gasteiger partial charge on any atom is -0.464 e. The van der Waals surface area contributed by atoms with Gasteiger partial charge in [-0.1, -0.05) is 24.3 Å². The van der Waals surface area contributed by atoms with Crippen LogP contribution in [0.4, 0.5) is 0 Å². The summed E-state index contributed by atoms with van der Waals surface area (Å²) in [5.41, 5.74) is 5.67. The number of hydrogen-bond donors (Lipinski definition) is 0. The first-order valence-corrected chi connectivity index (χ1v) is 10.3. The van der Waals surface area contributed by atoms with E-state index in [0.717, 1.165) is 39.8 Å². The van der Waals surface area contributed by atoms with Gasteiger partial charge in [-0.05, 0) is 37.5 Å². The van der Waals surface area contributed by atoms with Gasteiger partial charge in [0.2, 0.25) is 0 Å². The maximum Gasteiger partial charge on any atom is 0.325 e. The Kier molecular flexibility index (Phi) is 4.86. The smallest absolute Gasteiger partial charge is 0.325 e. The number of aryl methyl sites for hydroxylation is 2. The fourth-order valence-electron chi connectivity index (χ4n) is 4.21. The molecular weight excluding hydrogens is 392 g/mol. The van der Waals surface area contributed by atoms with Crippen molar-refractivity contribution in [1.29, 1.82) is 0 Å². The van der Waals surface area contributed by atoms with Crippen molar-refractivity contribution in [1.82, 2.24) is 19.1 Å². The number of pyridine rings is 2. The molecule has 5 rings (SSSR count). The number of esters is 1. The van der Waals surface area contributed by atoms with Gasteiger partial charge in [0, 0.05) is 28.9 Å². The van der Waals surface area contributed by atoms with Gasteiger partial charge in [-0.3, -0.25) is 9.59 Å². The van der Waals surface area contributed by atoms with Crippen molar-refractivity contribution in [3.05, 3.63) is 82.2 Å². The maximum atomic E-state index is 12.7. The lowest BCUT2D eigenvalue weighted by molar-refractivity contribution is -0.144. The lowest BCUT2D eigenvalue weighted by Gasteiger charge is -2.12. The summed E-state index contributed by atoms with van der Waals surface area (Å²) >= 11 is 0. The number of benzene rings is 1. The van der Waals surface area contributed by atoms with Crippen LogP contribution in [0.25, 0.3) is 22.3 Å². The molecule has 3 aromatic heterocycles. The van der Waals surface area contributed by atoms with Crippen molar-refractivity contribution in [2.45, 2.75) is 32.9 Å². The molecule has 0 amide bonds. The van der Waals surface area contributed by atoms with E-state index in [9.17, 15) is 9.59 Å². The second-order valence-corrected chi connectivity index (χ2v) is 7.79. The van der Waals surface area contributed by atoms with E-state index in [1.165, 1.54) is 5.56 Å². The monoisotopic (exact) mass is 414 g/mol. The Morgan fingerprint density at radius 2 is 2.06 bits per heavy atom. The number of rotatable bonds is 6. The number of fused-ring (bicyclic) bond motifs is 4. The molecule has 7 heteroatoms. The van der Waals surface area contributed by atoms with Crippen LogP contribution in [0.1, 0.15) is 23.1 Å². The summed E-state index contributed by atoms with van der Waals surface area (Å²) in [4.78, 5) is 33.5. The zero-order valence-corrected chi connectivity index (χ0v) is 17.2. The molecule has 7 nitrogen and oxygen atoms in total. The van der Waals surface area contributed by atoms with E-state index in [4.69, 9.17) is 9.72 Å². The number of carbonyl (C=O) groups excluding carboxylic acids is 1. The van der Waals surface area contributed by atoms with Crippen LogP contribution >= 0.6 is 0 Å². The number of para-hydroxylation sites is 1. The van der Waals surface area contributed by atoms with Gasteiger partial charge in [-0.2, -0.15) is 0 Å². The molecule has 31 heavy (non-hydrogen) atoms. The molecule has 0 bridgehead atoms. The Bertz CT molecular complexity index is 1340. The van der Waals surface area contributed by atoms with E-state index in [1.807, 2.05) is 37.3 Å². The quantitative estimate of drug-likeness (QED) is 0.315. The summed E-state index contributed by atoms with van der Waals surface area (Å²) in [7, 11) is 0. The summed E-state index contributed by atoms with van der Waals surface area (Å²) in [5, 5.41) is 1.09. The van der Waals surface area contributed by atoms with Crippen LogP contribution in [0, 0.1) is 6.92 Å². The van der Waals surface area contributed by atoms with Crippen LogP contribution in [0.2, 0.25) is 0 Å². The van der Waals surface area contributed by atoms with Gasteiger partial charge in [0.1, 0.15) is 6.54 Å². The second-order valence-electron chi connectivity index (χ2n) is 7.79. The van der Waals surface area contributed by atoms with Gasteiger partial charge in [0.05, 0.1) is 36.4 Å². The molecule has 0 radical (unpaired) electrons. The van der Waals surface area contributed by atoms with E-state index in [0.29, 0.717) is 19.6 Å². The third kappa shape index (κ3) is 3.52. The van der Waals surface area contributed by atoms with Crippen LogP contribution in [0.15, 0.2) is 59.9 Å². The predicted molar refractivity (Wildman–Crippen MR) is 117 cm³/mol. The molecule has 1 aliphatic rings. The summed E-state index contributed by atoms with van der Waals surface area (Å²) in [5.74, 6) is -0.280. The van der Waals surface area contributed by atoms with Crippen molar-refractivity contribution in [2.24, 2.45) is 0 Å². The Morgan fingerprint density at radius 1 is 1.19 bits per heavy atom. The van der Waals surface area contributed by atoms with Crippen molar-refractivity contribution in [2.75, 3.05) is 6.61 Å². The zero-order valence-electron chi connectivity index (χ0n) is 17.2. The van der Waals surface area contributed by atoms with Gasteiger partial charge >= 0.3 is 5.97 Å². The predicted octanol–water partition coefficient (Wildman–Crippen LogP) is 3.11. The van der Waals surface area contributed by atoms with Crippen LogP contribution in [-0.4, -0.2) is 31.7 Å². The lowest BCUT2D eigenvalue weighted by atomic mass is 9.97. The molecule has 0 N–H and O–H groups in total. The molecule has 4 heterocycles. The van der Waals surface area contributed by atoms with Crippen molar-refractivity contribution in [3.63, 3.8) is 0 Å². The standard InChI is InChI=1S/C24H22N4O3/c1-16-8-9-21-23-19(13-28(21)24(16)30)17(18-5-2-3-7-20(18)26-23)6-4-12-31-22(29)14-27-11-10-25-15-27/h2-3,5,7-11,15H,4,6,12-14H2,1H3. The normalized spacial score (nSPS) is 12.0. The van der Waals surface area contributed by atoms with E-state index >= 15 is 0 Å². The van der Waals surface area contributed by atoms with Gasteiger partial charge in [0.25, 0.3) is 5.56 Å². The molecule has 0 atom stereocenters. The number of ether oxygens (including phenoxy) is 1. The highest BCUT2D eigenvalue weighted by Gasteiger charge is 2.25. The first-order valence-electron chi connectivity index (χ1n) is 10.3. The lowest BCUT2D eigenvalue weighted by Crippen LogP contribution is -2.20.